The van der Waals surface area contributed by atoms with E-state index < -0.39 is 0 Å². The average molecular weight is 233 g/mol. The Kier molecular flexibility index (Phi) is 3.17. The molecule has 1 aromatic carbocycles. The Bertz CT molecular complexity index is 402. The summed E-state index contributed by atoms with van der Waals surface area (Å²) in [6.45, 7) is 4.61. The highest BCUT2D eigenvalue weighted by Gasteiger charge is 2.41. The summed E-state index contributed by atoms with van der Waals surface area (Å²) in [7, 11) is 0. The molecule has 1 aliphatic heterocycles. The molecule has 0 radical (unpaired) electrons. The number of aliphatic hydroxyl groups excluding tert-OH is 1. The fourth-order valence-corrected chi connectivity index (χ4v) is 2.34. The first-order valence-corrected chi connectivity index (χ1v) is 5.86. The summed E-state index contributed by atoms with van der Waals surface area (Å²) in [5.41, 5.74) is 0.798. The maximum Gasteiger partial charge on any atom is 0.120 e. The molecule has 1 aromatic rings. The lowest BCUT2D eigenvalue weighted by atomic mass is 10.1. The van der Waals surface area contributed by atoms with Gasteiger partial charge in [-0.2, -0.15) is 0 Å². The van der Waals surface area contributed by atoms with Gasteiger partial charge in [-0.15, -0.1) is 0 Å². The van der Waals surface area contributed by atoms with Crippen LogP contribution in [-0.2, 0) is 0 Å². The van der Waals surface area contributed by atoms with Gasteiger partial charge in [0, 0.05) is 6.54 Å². The van der Waals surface area contributed by atoms with Gasteiger partial charge in [0.2, 0.25) is 0 Å². The van der Waals surface area contributed by atoms with Gasteiger partial charge >= 0.3 is 0 Å². The van der Waals surface area contributed by atoms with Crippen LogP contribution in [0.5, 0.6) is 0 Å². The molecule has 0 saturated carbocycles. The molecule has 0 spiro atoms. The smallest absolute Gasteiger partial charge is 0.120 e. The van der Waals surface area contributed by atoms with Crippen molar-refractivity contribution in [3.8, 4) is 0 Å². The van der Waals surface area contributed by atoms with Gasteiger partial charge in [-0.25, -0.2) is 0 Å². The van der Waals surface area contributed by atoms with Gasteiger partial charge in [-0.05, 0) is 19.4 Å². The third-order valence-electron chi connectivity index (χ3n) is 3.19. The van der Waals surface area contributed by atoms with E-state index in [-0.39, 0.29) is 18.3 Å². The first-order chi connectivity index (χ1) is 8.06. The van der Waals surface area contributed by atoms with E-state index in [9.17, 15) is 0 Å². The van der Waals surface area contributed by atoms with E-state index in [1.165, 1.54) is 0 Å². The lowest BCUT2D eigenvalue weighted by Gasteiger charge is -2.31. The van der Waals surface area contributed by atoms with E-state index >= 15 is 0 Å². The molecule has 0 bridgehead atoms. The minimum atomic E-state index is -0.291. The molecule has 0 aliphatic carbocycles. The standard InChI is InChI=1S/C13H19N3O/c1-13(2)15-11(10-6-4-3-5-7-10)12(14)16(13)8-9-17/h3-7,11,14-15,17H,8-9H2,1-2H3/t11-/m1/s1. The molecule has 92 valence electrons. The van der Waals surface area contributed by atoms with Crippen LogP contribution in [-0.4, -0.2) is 34.7 Å². The third-order valence-corrected chi connectivity index (χ3v) is 3.19. The minimum Gasteiger partial charge on any atom is -0.395 e. The summed E-state index contributed by atoms with van der Waals surface area (Å²) in [6.07, 6.45) is 0. The second-order valence-corrected chi connectivity index (χ2v) is 4.81. The number of aliphatic hydroxyl groups is 1. The zero-order valence-electron chi connectivity index (χ0n) is 10.3. The average Bonchev–Trinajstić information content (AvgIpc) is 2.54. The van der Waals surface area contributed by atoms with Crippen molar-refractivity contribution in [2.75, 3.05) is 13.2 Å². The van der Waals surface area contributed by atoms with E-state index in [2.05, 4.69) is 5.32 Å². The van der Waals surface area contributed by atoms with Crippen LogP contribution >= 0.6 is 0 Å². The molecular weight excluding hydrogens is 214 g/mol. The predicted molar refractivity (Wildman–Crippen MR) is 67.9 cm³/mol. The predicted octanol–water partition coefficient (Wildman–Crippen LogP) is 1.34. The van der Waals surface area contributed by atoms with Crippen molar-refractivity contribution in [2.45, 2.75) is 25.6 Å². The van der Waals surface area contributed by atoms with Crippen LogP contribution in [0.2, 0.25) is 0 Å². The lowest BCUT2D eigenvalue weighted by Crippen LogP contribution is -2.47. The van der Waals surface area contributed by atoms with Gasteiger partial charge < -0.3 is 10.0 Å². The third kappa shape index (κ3) is 2.18. The Labute approximate surface area is 102 Å². The Morgan fingerprint density at radius 2 is 2.00 bits per heavy atom. The van der Waals surface area contributed by atoms with Crippen molar-refractivity contribution in [1.82, 2.24) is 10.2 Å². The Morgan fingerprint density at radius 3 is 2.59 bits per heavy atom. The van der Waals surface area contributed by atoms with Gasteiger partial charge in [0.15, 0.2) is 0 Å². The van der Waals surface area contributed by atoms with E-state index in [1.54, 1.807) is 0 Å². The highest BCUT2D eigenvalue weighted by Crippen LogP contribution is 2.29. The van der Waals surface area contributed by atoms with Crippen LogP contribution in [0, 0.1) is 5.41 Å². The SMILES string of the molecule is CC1(C)N[C@H](c2ccccc2)C(=N)N1CCO. The van der Waals surface area contributed by atoms with Gasteiger partial charge in [-0.3, -0.25) is 10.7 Å². The van der Waals surface area contributed by atoms with E-state index in [0.29, 0.717) is 12.4 Å². The lowest BCUT2D eigenvalue weighted by molar-refractivity contribution is 0.164. The molecule has 1 heterocycles. The number of nitrogens with zero attached hydrogens (tertiary/aromatic N) is 1. The molecule has 0 amide bonds. The van der Waals surface area contributed by atoms with Crippen molar-refractivity contribution >= 4 is 5.84 Å². The highest BCUT2D eigenvalue weighted by atomic mass is 16.3. The van der Waals surface area contributed by atoms with Crippen molar-refractivity contribution in [3.05, 3.63) is 35.9 Å². The number of nitrogens with one attached hydrogen (secondary N) is 2. The molecule has 0 aromatic heterocycles. The van der Waals surface area contributed by atoms with Crippen LogP contribution in [0.15, 0.2) is 30.3 Å². The molecule has 17 heavy (non-hydrogen) atoms. The van der Waals surface area contributed by atoms with Gasteiger partial charge in [0.05, 0.1) is 18.3 Å². The van der Waals surface area contributed by atoms with E-state index in [0.717, 1.165) is 5.56 Å². The summed E-state index contributed by atoms with van der Waals surface area (Å²) >= 11 is 0. The number of rotatable bonds is 3. The zero-order chi connectivity index (χ0) is 12.5. The van der Waals surface area contributed by atoms with Crippen molar-refractivity contribution < 1.29 is 5.11 Å². The molecule has 1 aliphatic rings. The number of benzene rings is 1. The molecule has 2 rings (SSSR count). The van der Waals surface area contributed by atoms with Gasteiger partial charge in [-0.1, -0.05) is 30.3 Å². The number of β-amino-alcohol motifs (C(OH)–C–C–N with tert-alkyl or cyclic N) is 1. The van der Waals surface area contributed by atoms with E-state index in [4.69, 9.17) is 10.5 Å². The largest absolute Gasteiger partial charge is 0.395 e. The second kappa shape index (κ2) is 4.47. The molecule has 4 nitrogen and oxygen atoms in total. The fraction of sp³-hybridized carbons (Fsp3) is 0.462. The molecule has 0 unspecified atom stereocenters. The normalized spacial score (nSPS) is 23.1. The summed E-state index contributed by atoms with van der Waals surface area (Å²) in [5.74, 6) is 0.523. The number of amidine groups is 1. The molecule has 3 N–H and O–H groups in total. The number of hydrogen-bond donors (Lipinski definition) is 3. The van der Waals surface area contributed by atoms with Crippen molar-refractivity contribution in [2.24, 2.45) is 0 Å². The summed E-state index contributed by atoms with van der Waals surface area (Å²) < 4.78 is 0. The van der Waals surface area contributed by atoms with E-state index in [1.807, 2.05) is 49.1 Å². The van der Waals surface area contributed by atoms with Crippen LogP contribution < -0.4 is 5.32 Å². The van der Waals surface area contributed by atoms with Gasteiger partial charge in [0.1, 0.15) is 5.84 Å². The highest BCUT2D eigenvalue weighted by molar-refractivity contribution is 5.88. The zero-order valence-corrected chi connectivity index (χ0v) is 10.3. The quantitative estimate of drug-likeness (QED) is 0.738. The van der Waals surface area contributed by atoms with Crippen LogP contribution in [0.3, 0.4) is 0 Å². The minimum absolute atomic E-state index is 0.0645. The molecular formula is C13H19N3O. The molecule has 1 fully saturated rings. The molecule has 1 atom stereocenters. The van der Waals surface area contributed by atoms with Crippen molar-refractivity contribution in [3.63, 3.8) is 0 Å². The molecule has 1 saturated heterocycles. The topological polar surface area (TPSA) is 59.4 Å². The Balaban J connectivity index is 2.26. The maximum atomic E-state index is 9.07. The summed E-state index contributed by atoms with van der Waals surface area (Å²) in [6, 6.07) is 9.88. The summed E-state index contributed by atoms with van der Waals surface area (Å²) in [4.78, 5) is 1.91. The Hall–Kier alpha value is -1.39. The first kappa shape index (κ1) is 12.1. The van der Waals surface area contributed by atoms with Gasteiger partial charge in [0.25, 0.3) is 0 Å². The van der Waals surface area contributed by atoms with Crippen LogP contribution in [0.1, 0.15) is 25.5 Å². The van der Waals surface area contributed by atoms with Crippen molar-refractivity contribution in [1.29, 1.82) is 5.41 Å². The fourth-order valence-electron chi connectivity index (χ4n) is 2.34. The maximum absolute atomic E-state index is 9.07. The van der Waals surface area contributed by atoms with Crippen LogP contribution in [0.25, 0.3) is 0 Å². The number of hydrogen-bond acceptors (Lipinski definition) is 3. The molecule has 4 heteroatoms. The Morgan fingerprint density at radius 1 is 1.35 bits per heavy atom. The first-order valence-electron chi connectivity index (χ1n) is 5.86. The summed E-state index contributed by atoms with van der Waals surface area (Å²) in [5, 5.41) is 20.7. The monoisotopic (exact) mass is 233 g/mol. The van der Waals surface area contributed by atoms with Crippen LogP contribution in [0.4, 0.5) is 0 Å². The second-order valence-electron chi connectivity index (χ2n) is 4.81.